The zero-order chi connectivity index (χ0) is 20.9. The maximum Gasteiger partial charge on any atom is 0.410 e. The van der Waals surface area contributed by atoms with E-state index < -0.39 is 11.4 Å². The van der Waals surface area contributed by atoms with Gasteiger partial charge in [0.05, 0.1) is 11.4 Å². The summed E-state index contributed by atoms with van der Waals surface area (Å²) in [6.45, 7) is 6.63. The Morgan fingerprint density at radius 3 is 2.46 bits per heavy atom. The first kappa shape index (κ1) is 21.3. The van der Waals surface area contributed by atoms with Gasteiger partial charge in [0.25, 0.3) is 0 Å². The van der Waals surface area contributed by atoms with Gasteiger partial charge in [-0.3, -0.25) is 0 Å². The lowest BCUT2D eigenvalue weighted by Gasteiger charge is -2.34. The second kappa shape index (κ2) is 8.77. The Kier molecular flexibility index (Phi) is 6.66. The summed E-state index contributed by atoms with van der Waals surface area (Å²) in [5, 5.41) is 3.32. The Hall–Kier alpha value is -3.04. The van der Waals surface area contributed by atoms with Gasteiger partial charge in [-0.25, -0.2) is 14.2 Å². The third kappa shape index (κ3) is 6.60. The van der Waals surface area contributed by atoms with E-state index in [9.17, 15) is 9.18 Å². The molecule has 9 nitrogen and oxygen atoms in total. The summed E-state index contributed by atoms with van der Waals surface area (Å²) in [6, 6.07) is 4.24. The van der Waals surface area contributed by atoms with Crippen LogP contribution in [0.25, 0.3) is 0 Å². The number of benzene rings is 1. The first-order chi connectivity index (χ1) is 13.0. The summed E-state index contributed by atoms with van der Waals surface area (Å²) in [7, 11) is 0. The quantitative estimate of drug-likeness (QED) is 0.456. The Labute approximate surface area is 163 Å². The van der Waals surface area contributed by atoms with Crippen molar-refractivity contribution in [1.29, 1.82) is 0 Å². The van der Waals surface area contributed by atoms with Crippen LogP contribution in [0, 0.1) is 5.82 Å². The van der Waals surface area contributed by atoms with Gasteiger partial charge in [-0.05, 0) is 45.7 Å². The number of anilines is 1. The first-order valence-electron chi connectivity index (χ1n) is 9.01. The largest absolute Gasteiger partial charge is 0.444 e. The third-order valence-corrected chi connectivity index (χ3v) is 3.94. The summed E-state index contributed by atoms with van der Waals surface area (Å²) in [6.07, 6.45) is 1.11. The zero-order valence-electron chi connectivity index (χ0n) is 16.4. The Balaban J connectivity index is 2.04. The molecule has 1 saturated heterocycles. The SMILES string of the molecule is CC(C)(C)OC(=O)N1CCC(Nc2ccc(F)cc2N=C(N)N=C(N)N)CC1. The highest BCUT2D eigenvalue weighted by atomic mass is 19.1. The molecule has 0 aromatic heterocycles. The van der Waals surface area contributed by atoms with Crippen molar-refractivity contribution in [2.45, 2.75) is 45.3 Å². The van der Waals surface area contributed by atoms with E-state index in [1.165, 1.54) is 12.1 Å². The van der Waals surface area contributed by atoms with Crippen molar-refractivity contribution in [3.63, 3.8) is 0 Å². The van der Waals surface area contributed by atoms with Crippen LogP contribution in [-0.2, 0) is 4.74 Å². The van der Waals surface area contributed by atoms with E-state index in [1.807, 2.05) is 20.8 Å². The number of nitrogens with two attached hydrogens (primary N) is 3. The number of hydrogen-bond donors (Lipinski definition) is 4. The van der Waals surface area contributed by atoms with Crippen LogP contribution < -0.4 is 22.5 Å². The molecule has 0 spiro atoms. The summed E-state index contributed by atoms with van der Waals surface area (Å²) in [5.41, 5.74) is 16.6. The molecule has 28 heavy (non-hydrogen) atoms. The number of carbonyl (C=O) groups excluding carboxylic acids is 1. The van der Waals surface area contributed by atoms with Gasteiger partial charge < -0.3 is 32.2 Å². The third-order valence-electron chi connectivity index (χ3n) is 3.94. The Bertz CT molecular complexity index is 762. The van der Waals surface area contributed by atoms with Crippen molar-refractivity contribution in [1.82, 2.24) is 4.90 Å². The number of halogens is 1. The van der Waals surface area contributed by atoms with Crippen LogP contribution >= 0.6 is 0 Å². The van der Waals surface area contributed by atoms with Crippen molar-refractivity contribution in [3.05, 3.63) is 24.0 Å². The Morgan fingerprint density at radius 2 is 1.89 bits per heavy atom. The van der Waals surface area contributed by atoms with Gasteiger partial charge in [0.2, 0.25) is 5.96 Å². The van der Waals surface area contributed by atoms with E-state index in [2.05, 4.69) is 15.3 Å². The standard InChI is InChI=1S/C18H28FN7O2/c1-18(2,3)28-17(27)26-8-6-12(7-9-26)23-13-5-4-11(19)10-14(13)24-16(22)25-15(20)21/h4-5,10,12,23H,6-9H2,1-3H3,(H6,20,21,22,24,25). The minimum Gasteiger partial charge on any atom is -0.444 e. The highest BCUT2D eigenvalue weighted by Crippen LogP contribution is 2.28. The molecule has 0 unspecified atom stereocenters. The molecule has 1 fully saturated rings. The number of aliphatic imine (C=N–C) groups is 2. The molecule has 0 saturated carbocycles. The van der Waals surface area contributed by atoms with E-state index in [0.717, 1.165) is 0 Å². The Morgan fingerprint density at radius 1 is 1.25 bits per heavy atom. The number of likely N-dealkylation sites (tertiary alicyclic amines) is 1. The molecule has 1 aromatic carbocycles. The zero-order valence-corrected chi connectivity index (χ0v) is 16.4. The number of hydrogen-bond acceptors (Lipinski definition) is 4. The molecular weight excluding hydrogens is 365 g/mol. The molecule has 10 heteroatoms. The lowest BCUT2D eigenvalue weighted by Crippen LogP contribution is -2.44. The van der Waals surface area contributed by atoms with E-state index >= 15 is 0 Å². The van der Waals surface area contributed by atoms with E-state index in [0.29, 0.717) is 31.6 Å². The molecule has 1 heterocycles. The minimum absolute atomic E-state index is 0.0856. The second-order valence-electron chi connectivity index (χ2n) is 7.55. The van der Waals surface area contributed by atoms with Gasteiger partial charge in [0.1, 0.15) is 11.4 Å². The van der Waals surface area contributed by atoms with Gasteiger partial charge in [-0.15, -0.1) is 0 Å². The fourth-order valence-electron chi connectivity index (χ4n) is 2.75. The summed E-state index contributed by atoms with van der Waals surface area (Å²) >= 11 is 0. The number of rotatable bonds is 3. The number of carbonyl (C=O) groups is 1. The number of ether oxygens (including phenoxy) is 1. The lowest BCUT2D eigenvalue weighted by molar-refractivity contribution is 0.0210. The maximum absolute atomic E-state index is 13.6. The van der Waals surface area contributed by atoms with Gasteiger partial charge in [-0.1, -0.05) is 0 Å². The average molecular weight is 393 g/mol. The molecule has 1 amide bonds. The summed E-state index contributed by atoms with van der Waals surface area (Å²) < 4.78 is 19.0. The number of amides is 1. The van der Waals surface area contributed by atoms with E-state index in [-0.39, 0.29) is 29.7 Å². The molecule has 1 aromatic rings. The van der Waals surface area contributed by atoms with Crippen molar-refractivity contribution < 1.29 is 13.9 Å². The predicted molar refractivity (Wildman–Crippen MR) is 108 cm³/mol. The molecule has 7 N–H and O–H groups in total. The highest BCUT2D eigenvalue weighted by molar-refractivity contribution is 5.94. The lowest BCUT2D eigenvalue weighted by atomic mass is 10.0. The minimum atomic E-state index is -0.525. The molecule has 0 atom stereocenters. The van der Waals surface area contributed by atoms with Crippen LogP contribution in [0.5, 0.6) is 0 Å². The number of piperidine rings is 1. The van der Waals surface area contributed by atoms with Crippen LogP contribution in [0.2, 0.25) is 0 Å². The fourth-order valence-corrected chi connectivity index (χ4v) is 2.75. The van der Waals surface area contributed by atoms with Crippen LogP contribution in [-0.4, -0.2) is 47.6 Å². The normalized spacial score (nSPS) is 15.9. The molecule has 154 valence electrons. The van der Waals surface area contributed by atoms with Crippen LogP contribution in [0.3, 0.4) is 0 Å². The predicted octanol–water partition coefficient (Wildman–Crippen LogP) is 1.86. The average Bonchev–Trinajstić information content (AvgIpc) is 2.55. The van der Waals surface area contributed by atoms with Gasteiger partial charge in [0, 0.05) is 25.2 Å². The fraction of sp³-hybridized carbons (Fsp3) is 0.500. The van der Waals surface area contributed by atoms with Crippen molar-refractivity contribution in [3.8, 4) is 0 Å². The summed E-state index contributed by atoms with van der Waals surface area (Å²) in [5.74, 6) is -0.864. The number of nitrogens with zero attached hydrogens (tertiary/aromatic N) is 3. The molecule has 0 bridgehead atoms. The van der Waals surface area contributed by atoms with Crippen LogP contribution in [0.4, 0.5) is 20.6 Å². The van der Waals surface area contributed by atoms with Gasteiger partial charge >= 0.3 is 6.09 Å². The van der Waals surface area contributed by atoms with Gasteiger partial charge in [0.15, 0.2) is 5.96 Å². The van der Waals surface area contributed by atoms with Crippen molar-refractivity contribution >= 4 is 29.4 Å². The van der Waals surface area contributed by atoms with Gasteiger partial charge in [-0.2, -0.15) is 4.99 Å². The number of guanidine groups is 2. The topological polar surface area (TPSA) is 144 Å². The van der Waals surface area contributed by atoms with Crippen LogP contribution in [0.1, 0.15) is 33.6 Å². The molecular formula is C18H28FN7O2. The molecule has 2 rings (SSSR count). The van der Waals surface area contributed by atoms with E-state index in [4.69, 9.17) is 21.9 Å². The molecule has 1 aliphatic rings. The molecule has 0 aliphatic carbocycles. The van der Waals surface area contributed by atoms with Crippen molar-refractivity contribution in [2.24, 2.45) is 27.2 Å². The second-order valence-corrected chi connectivity index (χ2v) is 7.55. The molecule has 1 aliphatic heterocycles. The highest BCUT2D eigenvalue weighted by Gasteiger charge is 2.27. The molecule has 0 radical (unpaired) electrons. The van der Waals surface area contributed by atoms with Crippen LogP contribution in [0.15, 0.2) is 28.2 Å². The summed E-state index contributed by atoms with van der Waals surface area (Å²) in [4.78, 5) is 21.6. The first-order valence-corrected chi connectivity index (χ1v) is 9.01. The number of nitrogens with one attached hydrogen (secondary N) is 1. The van der Waals surface area contributed by atoms with Crippen molar-refractivity contribution in [2.75, 3.05) is 18.4 Å². The monoisotopic (exact) mass is 393 g/mol. The van der Waals surface area contributed by atoms with E-state index in [1.54, 1.807) is 11.0 Å². The maximum atomic E-state index is 13.6. The smallest absolute Gasteiger partial charge is 0.410 e.